The summed E-state index contributed by atoms with van der Waals surface area (Å²) in [4.78, 5) is 0. The Kier molecular flexibility index (Phi) is 6.39. The molecule has 0 spiro atoms. The Labute approximate surface area is 165 Å². The summed E-state index contributed by atoms with van der Waals surface area (Å²) < 4.78 is 6.48. The fourth-order valence-electron chi connectivity index (χ4n) is 2.91. The van der Waals surface area contributed by atoms with Gasteiger partial charge in [-0.15, -0.1) is 5.73 Å². The molecule has 1 aliphatic rings. The fourth-order valence-corrected chi connectivity index (χ4v) is 2.91. The number of rotatable bonds is 4. The Morgan fingerprint density at radius 1 is 1.07 bits per heavy atom. The van der Waals surface area contributed by atoms with Crippen molar-refractivity contribution in [1.82, 2.24) is 0 Å². The van der Waals surface area contributed by atoms with Crippen molar-refractivity contribution < 1.29 is 4.74 Å². The maximum absolute atomic E-state index is 6.48. The van der Waals surface area contributed by atoms with Crippen molar-refractivity contribution in [1.29, 1.82) is 0 Å². The van der Waals surface area contributed by atoms with E-state index in [-0.39, 0.29) is 10.8 Å². The Morgan fingerprint density at radius 3 is 2.30 bits per heavy atom. The second-order valence-corrected chi connectivity index (χ2v) is 9.51. The quantitative estimate of drug-likeness (QED) is 0.303. The average Bonchev–Trinajstić information content (AvgIpc) is 3.03. The number of benzene rings is 1. The van der Waals surface area contributed by atoms with Gasteiger partial charge in [-0.1, -0.05) is 71.9 Å². The molecule has 0 aromatic heterocycles. The van der Waals surface area contributed by atoms with Crippen LogP contribution in [0.2, 0.25) is 0 Å². The van der Waals surface area contributed by atoms with Crippen LogP contribution < -0.4 is 4.74 Å². The molecule has 0 saturated carbocycles. The van der Waals surface area contributed by atoms with Crippen LogP contribution in [-0.2, 0) is 5.41 Å². The maximum Gasteiger partial charge on any atom is 0.139 e. The summed E-state index contributed by atoms with van der Waals surface area (Å²) >= 11 is 0. The predicted molar refractivity (Wildman–Crippen MR) is 117 cm³/mol. The van der Waals surface area contributed by atoms with E-state index in [2.05, 4.69) is 104 Å². The highest BCUT2D eigenvalue weighted by Gasteiger charge is 2.24. The lowest BCUT2D eigenvalue weighted by Gasteiger charge is -2.25. The van der Waals surface area contributed by atoms with Gasteiger partial charge in [-0.2, -0.15) is 0 Å². The highest BCUT2D eigenvalue weighted by atomic mass is 16.5. The Morgan fingerprint density at radius 2 is 1.78 bits per heavy atom. The average molecular weight is 363 g/mol. The molecule has 0 N–H and O–H groups in total. The normalized spacial score (nSPS) is 14.7. The number of allylic oxidation sites excluding steroid dienone is 6. The molecule has 1 aliphatic carbocycles. The third-order valence-corrected chi connectivity index (χ3v) is 4.42. The fraction of sp³-hybridized carbons (Fsp3) is 0.423. The van der Waals surface area contributed by atoms with E-state index in [9.17, 15) is 0 Å². The minimum Gasteiger partial charge on any atom is -0.456 e. The van der Waals surface area contributed by atoms with Gasteiger partial charge < -0.3 is 4.74 Å². The minimum absolute atomic E-state index is 0.0721. The summed E-state index contributed by atoms with van der Waals surface area (Å²) in [5.41, 5.74) is 8.34. The first-order valence-electron chi connectivity index (χ1n) is 9.77. The van der Waals surface area contributed by atoms with E-state index in [1.807, 2.05) is 6.07 Å². The zero-order valence-corrected chi connectivity index (χ0v) is 18.2. The van der Waals surface area contributed by atoms with Gasteiger partial charge >= 0.3 is 0 Å². The molecule has 0 radical (unpaired) electrons. The molecule has 0 unspecified atom stereocenters. The van der Waals surface area contributed by atoms with Crippen LogP contribution in [0.25, 0.3) is 0 Å². The van der Waals surface area contributed by atoms with E-state index in [0.29, 0.717) is 0 Å². The molecule has 0 heterocycles. The first kappa shape index (κ1) is 21.1. The molecule has 1 aromatic carbocycles. The zero-order chi connectivity index (χ0) is 20.2. The summed E-state index contributed by atoms with van der Waals surface area (Å²) in [6.07, 6.45) is 9.54. The van der Waals surface area contributed by atoms with Gasteiger partial charge in [-0.25, -0.2) is 0 Å². The van der Waals surface area contributed by atoms with Crippen molar-refractivity contribution in [3.63, 3.8) is 0 Å². The first-order chi connectivity index (χ1) is 12.5. The smallest absolute Gasteiger partial charge is 0.139 e. The summed E-state index contributed by atoms with van der Waals surface area (Å²) in [7, 11) is 0. The van der Waals surface area contributed by atoms with Crippen molar-refractivity contribution in [2.45, 2.75) is 67.2 Å². The van der Waals surface area contributed by atoms with E-state index >= 15 is 0 Å². The molecule has 144 valence electrons. The third-order valence-electron chi connectivity index (χ3n) is 4.42. The summed E-state index contributed by atoms with van der Waals surface area (Å²) in [5, 5.41) is 0. The number of ether oxygens (including phenoxy) is 1. The van der Waals surface area contributed by atoms with Gasteiger partial charge in [0.15, 0.2) is 0 Å². The second kappa shape index (κ2) is 8.19. The molecule has 0 saturated heterocycles. The molecule has 0 fully saturated rings. The van der Waals surface area contributed by atoms with Crippen molar-refractivity contribution in [3.8, 4) is 5.75 Å². The van der Waals surface area contributed by atoms with Crippen molar-refractivity contribution >= 4 is 0 Å². The summed E-state index contributed by atoms with van der Waals surface area (Å²) in [5.74, 6) is 1.75. The van der Waals surface area contributed by atoms with Gasteiger partial charge in [-0.05, 0) is 66.0 Å². The third kappa shape index (κ3) is 6.15. The SMILES string of the molecule is CC(C)=C=C(C(=CC1=CC=CC1)Oc1cccc(C(C)(C)C)c1)C(C)(C)C. The van der Waals surface area contributed by atoms with Crippen LogP contribution in [0, 0.1) is 5.41 Å². The van der Waals surface area contributed by atoms with E-state index in [4.69, 9.17) is 4.74 Å². The molecular formula is C26H34O. The monoisotopic (exact) mass is 362 g/mol. The minimum atomic E-state index is -0.0721. The van der Waals surface area contributed by atoms with Crippen LogP contribution in [0.15, 0.2) is 76.8 Å². The topological polar surface area (TPSA) is 9.23 Å². The van der Waals surface area contributed by atoms with Crippen LogP contribution in [0.3, 0.4) is 0 Å². The molecule has 0 aliphatic heterocycles. The molecule has 27 heavy (non-hydrogen) atoms. The summed E-state index contributed by atoms with van der Waals surface area (Å²) in [6, 6.07) is 8.42. The van der Waals surface area contributed by atoms with Gasteiger partial charge in [0.1, 0.15) is 11.5 Å². The van der Waals surface area contributed by atoms with Gasteiger partial charge in [-0.3, -0.25) is 0 Å². The van der Waals surface area contributed by atoms with Crippen LogP contribution in [-0.4, -0.2) is 0 Å². The van der Waals surface area contributed by atoms with Crippen LogP contribution in [0.5, 0.6) is 5.75 Å². The number of hydrogen-bond donors (Lipinski definition) is 0. The van der Waals surface area contributed by atoms with E-state index in [0.717, 1.165) is 29.1 Å². The predicted octanol–water partition coefficient (Wildman–Crippen LogP) is 7.67. The Balaban J connectivity index is 2.54. The standard InChI is InChI=1S/C26H34O/c1-19(2)16-23(26(6,7)8)24(17-20-12-9-10-13-20)27-22-15-11-14-21(18-22)25(3,4)5/h9-12,14-15,17-18H,13H2,1-8H3. The highest BCUT2D eigenvalue weighted by Crippen LogP contribution is 2.35. The van der Waals surface area contributed by atoms with Gasteiger partial charge in [0.2, 0.25) is 0 Å². The lowest BCUT2D eigenvalue weighted by molar-refractivity contribution is 0.390. The van der Waals surface area contributed by atoms with Crippen molar-refractivity contribution in [2.24, 2.45) is 5.41 Å². The first-order valence-corrected chi connectivity index (χ1v) is 9.77. The second-order valence-electron chi connectivity index (χ2n) is 9.51. The van der Waals surface area contributed by atoms with Crippen molar-refractivity contribution in [3.05, 3.63) is 82.3 Å². The Bertz CT molecular complexity index is 835. The van der Waals surface area contributed by atoms with Crippen molar-refractivity contribution in [2.75, 3.05) is 0 Å². The van der Waals surface area contributed by atoms with Crippen LogP contribution >= 0.6 is 0 Å². The zero-order valence-electron chi connectivity index (χ0n) is 18.2. The van der Waals surface area contributed by atoms with E-state index in [1.165, 1.54) is 11.1 Å². The van der Waals surface area contributed by atoms with Gasteiger partial charge in [0.05, 0.1) is 0 Å². The lowest BCUT2D eigenvalue weighted by atomic mass is 9.84. The highest BCUT2D eigenvalue weighted by molar-refractivity contribution is 5.43. The largest absolute Gasteiger partial charge is 0.456 e. The maximum atomic E-state index is 6.48. The summed E-state index contributed by atoms with van der Waals surface area (Å²) in [6.45, 7) is 17.5. The Hall–Kier alpha value is -2.24. The van der Waals surface area contributed by atoms with Crippen LogP contribution in [0.1, 0.15) is 67.4 Å². The van der Waals surface area contributed by atoms with Crippen LogP contribution in [0.4, 0.5) is 0 Å². The van der Waals surface area contributed by atoms with E-state index in [1.54, 1.807) is 0 Å². The number of hydrogen-bond acceptors (Lipinski definition) is 1. The van der Waals surface area contributed by atoms with Gasteiger partial charge in [0, 0.05) is 5.57 Å². The van der Waals surface area contributed by atoms with E-state index < -0.39 is 0 Å². The van der Waals surface area contributed by atoms with Gasteiger partial charge in [0.25, 0.3) is 0 Å². The molecule has 2 rings (SSSR count). The molecular weight excluding hydrogens is 328 g/mol. The molecule has 1 heteroatoms. The molecule has 0 atom stereocenters. The lowest BCUT2D eigenvalue weighted by Crippen LogP contribution is -2.15. The molecule has 1 aromatic rings. The molecule has 0 bridgehead atoms. The molecule has 1 nitrogen and oxygen atoms in total. The molecule has 0 amide bonds.